The highest BCUT2D eigenvalue weighted by atomic mass is 15.2. The summed E-state index contributed by atoms with van der Waals surface area (Å²) in [6.45, 7) is 5.83. The van der Waals surface area contributed by atoms with E-state index in [1.807, 2.05) is 0 Å². The van der Waals surface area contributed by atoms with Crippen LogP contribution in [-0.2, 0) is 6.54 Å². The number of hydrogen-bond acceptors (Lipinski definition) is 3. The van der Waals surface area contributed by atoms with E-state index in [1.165, 1.54) is 37.3 Å². The molecule has 1 saturated heterocycles. The zero-order valence-electron chi connectivity index (χ0n) is 11.2. The average Bonchev–Trinajstić information content (AvgIpc) is 3.10. The molecule has 0 spiro atoms. The van der Waals surface area contributed by atoms with Gasteiger partial charge in [0.05, 0.1) is 0 Å². The van der Waals surface area contributed by atoms with Gasteiger partial charge in [0.15, 0.2) is 0 Å². The molecular formula is C15H23N3. The lowest BCUT2D eigenvalue weighted by Crippen LogP contribution is -2.43. The molecule has 1 heterocycles. The first-order valence-electron chi connectivity index (χ1n) is 6.98. The van der Waals surface area contributed by atoms with Gasteiger partial charge in [-0.3, -0.25) is 4.90 Å². The van der Waals surface area contributed by atoms with Crippen molar-refractivity contribution in [3.63, 3.8) is 0 Å². The zero-order valence-corrected chi connectivity index (χ0v) is 11.2. The van der Waals surface area contributed by atoms with Gasteiger partial charge in [0.1, 0.15) is 0 Å². The topological polar surface area (TPSA) is 32.5 Å². The van der Waals surface area contributed by atoms with Crippen LogP contribution in [0, 0.1) is 0 Å². The minimum atomic E-state index is 0.406. The molecular weight excluding hydrogens is 222 g/mol. The van der Waals surface area contributed by atoms with Crippen LogP contribution in [-0.4, -0.2) is 49.1 Å². The first-order chi connectivity index (χ1) is 8.72. The van der Waals surface area contributed by atoms with Gasteiger partial charge in [0, 0.05) is 44.7 Å². The Bertz CT molecular complexity index is 410. The predicted molar refractivity (Wildman–Crippen MR) is 74.5 cm³/mol. The smallest absolute Gasteiger partial charge is 0.0234 e. The number of likely N-dealkylation sites (N-methyl/N-ethyl adjacent to an activating group) is 1. The number of piperazine rings is 1. The Hall–Kier alpha value is -0.900. The molecule has 98 valence electrons. The van der Waals surface area contributed by atoms with Gasteiger partial charge in [-0.05, 0) is 24.6 Å². The van der Waals surface area contributed by atoms with Crippen LogP contribution >= 0.6 is 0 Å². The Balaban J connectivity index is 1.62. The van der Waals surface area contributed by atoms with Crippen molar-refractivity contribution >= 4 is 0 Å². The summed E-state index contributed by atoms with van der Waals surface area (Å²) in [6.07, 6.45) is 1.16. The monoisotopic (exact) mass is 245 g/mol. The van der Waals surface area contributed by atoms with Crippen molar-refractivity contribution < 1.29 is 0 Å². The number of nitrogens with two attached hydrogens (primary N) is 1. The van der Waals surface area contributed by atoms with E-state index in [9.17, 15) is 0 Å². The van der Waals surface area contributed by atoms with Gasteiger partial charge >= 0.3 is 0 Å². The van der Waals surface area contributed by atoms with E-state index in [-0.39, 0.29) is 0 Å². The van der Waals surface area contributed by atoms with Gasteiger partial charge in [-0.25, -0.2) is 0 Å². The fourth-order valence-corrected chi connectivity index (χ4v) is 2.78. The third kappa shape index (κ3) is 2.74. The van der Waals surface area contributed by atoms with Crippen LogP contribution in [0.2, 0.25) is 0 Å². The van der Waals surface area contributed by atoms with Crippen molar-refractivity contribution in [1.29, 1.82) is 0 Å². The molecule has 0 aromatic heterocycles. The molecule has 0 bridgehead atoms. The molecule has 3 nitrogen and oxygen atoms in total. The molecule has 3 heteroatoms. The Morgan fingerprint density at radius 3 is 2.61 bits per heavy atom. The number of nitrogens with zero attached hydrogens (tertiary/aromatic N) is 2. The van der Waals surface area contributed by atoms with Crippen LogP contribution in [0.4, 0.5) is 0 Å². The highest BCUT2D eigenvalue weighted by molar-refractivity contribution is 5.31. The van der Waals surface area contributed by atoms with Crippen molar-refractivity contribution in [2.24, 2.45) is 5.73 Å². The molecule has 1 aliphatic heterocycles. The summed E-state index contributed by atoms with van der Waals surface area (Å²) >= 11 is 0. The summed E-state index contributed by atoms with van der Waals surface area (Å²) in [5.41, 5.74) is 8.81. The lowest BCUT2D eigenvalue weighted by molar-refractivity contribution is 0.148. The van der Waals surface area contributed by atoms with E-state index in [4.69, 9.17) is 5.73 Å². The third-order valence-electron chi connectivity index (χ3n) is 4.22. The van der Waals surface area contributed by atoms with Crippen molar-refractivity contribution in [2.45, 2.75) is 24.9 Å². The van der Waals surface area contributed by atoms with Crippen molar-refractivity contribution in [2.75, 3.05) is 33.2 Å². The van der Waals surface area contributed by atoms with Crippen LogP contribution in [0.25, 0.3) is 0 Å². The SMILES string of the molecule is CN1CCN(Cc2cccc(C3CC3N)c2)CC1. The van der Waals surface area contributed by atoms with Gasteiger partial charge in [-0.1, -0.05) is 24.3 Å². The Morgan fingerprint density at radius 2 is 1.94 bits per heavy atom. The van der Waals surface area contributed by atoms with Gasteiger partial charge in [0.25, 0.3) is 0 Å². The maximum Gasteiger partial charge on any atom is 0.0234 e. The van der Waals surface area contributed by atoms with E-state index in [0.29, 0.717) is 12.0 Å². The third-order valence-corrected chi connectivity index (χ3v) is 4.22. The molecule has 3 rings (SSSR count). The summed E-state index contributed by atoms with van der Waals surface area (Å²) in [6, 6.07) is 9.42. The maximum absolute atomic E-state index is 5.93. The maximum atomic E-state index is 5.93. The highest BCUT2D eigenvalue weighted by Gasteiger charge is 2.34. The Morgan fingerprint density at radius 1 is 1.22 bits per heavy atom. The first-order valence-corrected chi connectivity index (χ1v) is 6.98. The number of benzene rings is 1. The Kier molecular flexibility index (Phi) is 3.37. The van der Waals surface area contributed by atoms with Gasteiger partial charge < -0.3 is 10.6 Å². The average molecular weight is 245 g/mol. The fourth-order valence-electron chi connectivity index (χ4n) is 2.78. The second-order valence-corrected chi connectivity index (χ2v) is 5.83. The molecule has 1 saturated carbocycles. The second kappa shape index (κ2) is 5.00. The van der Waals surface area contributed by atoms with E-state index in [2.05, 4.69) is 41.1 Å². The molecule has 2 fully saturated rings. The second-order valence-electron chi connectivity index (χ2n) is 5.83. The molecule has 1 aromatic rings. The predicted octanol–water partition coefficient (Wildman–Crippen LogP) is 1.25. The van der Waals surface area contributed by atoms with Gasteiger partial charge in [-0.2, -0.15) is 0 Å². The van der Waals surface area contributed by atoms with Crippen molar-refractivity contribution in [3.8, 4) is 0 Å². The molecule has 2 aliphatic rings. The summed E-state index contributed by atoms with van der Waals surface area (Å²) in [5, 5.41) is 0. The summed E-state index contributed by atoms with van der Waals surface area (Å²) in [5.74, 6) is 0.623. The van der Waals surface area contributed by atoms with Gasteiger partial charge in [-0.15, -0.1) is 0 Å². The molecule has 2 N–H and O–H groups in total. The van der Waals surface area contributed by atoms with Crippen LogP contribution in [0.3, 0.4) is 0 Å². The summed E-state index contributed by atoms with van der Waals surface area (Å²) in [7, 11) is 2.20. The standard InChI is InChI=1S/C15H23N3/c1-17-5-7-18(8-6-17)11-12-3-2-4-13(9-12)14-10-15(14)16/h2-4,9,14-15H,5-8,10-11,16H2,1H3. The molecule has 1 aliphatic carbocycles. The lowest BCUT2D eigenvalue weighted by Gasteiger charge is -2.32. The first kappa shape index (κ1) is 12.2. The van der Waals surface area contributed by atoms with Crippen LogP contribution in [0.1, 0.15) is 23.5 Å². The van der Waals surface area contributed by atoms with E-state index < -0.39 is 0 Å². The minimum absolute atomic E-state index is 0.406. The highest BCUT2D eigenvalue weighted by Crippen LogP contribution is 2.39. The zero-order chi connectivity index (χ0) is 12.5. The summed E-state index contributed by atoms with van der Waals surface area (Å²) < 4.78 is 0. The quantitative estimate of drug-likeness (QED) is 0.870. The number of hydrogen-bond donors (Lipinski definition) is 1. The van der Waals surface area contributed by atoms with Crippen LogP contribution in [0.5, 0.6) is 0 Å². The molecule has 1 aromatic carbocycles. The normalized spacial score (nSPS) is 29.4. The van der Waals surface area contributed by atoms with E-state index in [0.717, 1.165) is 13.0 Å². The Labute approximate surface area is 110 Å². The van der Waals surface area contributed by atoms with Crippen LogP contribution in [0.15, 0.2) is 24.3 Å². The largest absolute Gasteiger partial charge is 0.327 e. The minimum Gasteiger partial charge on any atom is -0.327 e. The molecule has 0 radical (unpaired) electrons. The van der Waals surface area contributed by atoms with E-state index in [1.54, 1.807) is 0 Å². The van der Waals surface area contributed by atoms with Crippen molar-refractivity contribution in [3.05, 3.63) is 35.4 Å². The van der Waals surface area contributed by atoms with Crippen molar-refractivity contribution in [1.82, 2.24) is 9.80 Å². The van der Waals surface area contributed by atoms with Gasteiger partial charge in [0.2, 0.25) is 0 Å². The van der Waals surface area contributed by atoms with E-state index >= 15 is 0 Å². The molecule has 2 unspecified atom stereocenters. The molecule has 18 heavy (non-hydrogen) atoms. The lowest BCUT2D eigenvalue weighted by atomic mass is 10.1. The van der Waals surface area contributed by atoms with Crippen LogP contribution < -0.4 is 5.73 Å². The fraction of sp³-hybridized carbons (Fsp3) is 0.600. The number of rotatable bonds is 3. The molecule has 2 atom stereocenters. The summed E-state index contributed by atoms with van der Waals surface area (Å²) in [4.78, 5) is 4.95. The molecule has 0 amide bonds.